The van der Waals surface area contributed by atoms with Gasteiger partial charge in [-0.3, -0.25) is 13.9 Å². The van der Waals surface area contributed by atoms with Gasteiger partial charge in [-0.2, -0.15) is 0 Å². The summed E-state index contributed by atoms with van der Waals surface area (Å²) in [6, 6.07) is 28.4. The van der Waals surface area contributed by atoms with Gasteiger partial charge in [0.05, 0.1) is 10.6 Å². The number of nitrogens with one attached hydrogen (secondary N) is 1. The minimum atomic E-state index is -4.21. The Balaban J connectivity index is 1.85. The lowest BCUT2D eigenvalue weighted by Crippen LogP contribution is -2.56. The van der Waals surface area contributed by atoms with Crippen LogP contribution >= 0.6 is 23.2 Å². The largest absolute Gasteiger partial charge is 0.350 e. The molecule has 0 aliphatic carbocycles. The zero-order chi connectivity index (χ0) is 34.4. The summed E-state index contributed by atoms with van der Waals surface area (Å²) in [5.74, 6) is -0.768. The van der Waals surface area contributed by atoms with E-state index in [0.717, 1.165) is 15.4 Å². The summed E-state index contributed by atoms with van der Waals surface area (Å²) in [4.78, 5) is 30.1. The van der Waals surface area contributed by atoms with Crippen LogP contribution in [0.2, 0.25) is 10.0 Å². The zero-order valence-electron chi connectivity index (χ0n) is 27.3. The molecule has 1 N–H and O–H groups in total. The van der Waals surface area contributed by atoms with Gasteiger partial charge in [0.1, 0.15) is 12.6 Å². The highest BCUT2D eigenvalue weighted by Crippen LogP contribution is 2.30. The lowest BCUT2D eigenvalue weighted by molar-refractivity contribution is -0.140. The molecule has 0 saturated heterocycles. The summed E-state index contributed by atoms with van der Waals surface area (Å²) < 4.78 is 29.5. The summed E-state index contributed by atoms with van der Waals surface area (Å²) in [5, 5.41) is 3.66. The van der Waals surface area contributed by atoms with E-state index in [9.17, 15) is 18.0 Å². The van der Waals surface area contributed by atoms with E-state index in [-0.39, 0.29) is 23.8 Å². The smallest absolute Gasteiger partial charge is 0.264 e. The van der Waals surface area contributed by atoms with Crippen molar-refractivity contribution in [3.8, 4) is 0 Å². The van der Waals surface area contributed by atoms with E-state index < -0.39 is 40.0 Å². The van der Waals surface area contributed by atoms with E-state index in [1.165, 1.54) is 17.0 Å². The highest BCUT2D eigenvalue weighted by molar-refractivity contribution is 7.92. The zero-order valence-corrected chi connectivity index (χ0v) is 29.6. The molecule has 0 aliphatic heterocycles. The predicted octanol–water partition coefficient (Wildman–Crippen LogP) is 7.87. The number of benzene rings is 4. The molecule has 0 heterocycles. The van der Waals surface area contributed by atoms with E-state index in [4.69, 9.17) is 23.2 Å². The highest BCUT2D eigenvalue weighted by atomic mass is 35.5. The number of rotatable bonds is 12. The average Bonchev–Trinajstić information content (AvgIpc) is 3.02. The number of anilines is 1. The Bertz CT molecular complexity index is 1760. The van der Waals surface area contributed by atoms with Gasteiger partial charge in [0.2, 0.25) is 11.8 Å². The van der Waals surface area contributed by atoms with Gasteiger partial charge in [-0.1, -0.05) is 104 Å². The van der Waals surface area contributed by atoms with Gasteiger partial charge in [0, 0.05) is 34.1 Å². The third-order valence-electron chi connectivity index (χ3n) is 7.62. The van der Waals surface area contributed by atoms with Crippen LogP contribution in [0.1, 0.15) is 57.2 Å². The average molecular weight is 695 g/mol. The Kier molecular flexibility index (Phi) is 11.8. The molecule has 2 amide bonds. The number of carbonyl (C=O) groups is 2. The van der Waals surface area contributed by atoms with Gasteiger partial charge in [0.15, 0.2) is 0 Å². The second-order valence-corrected chi connectivity index (χ2v) is 15.4. The van der Waals surface area contributed by atoms with Crippen LogP contribution in [-0.4, -0.2) is 43.3 Å². The highest BCUT2D eigenvalue weighted by Gasteiger charge is 2.36. The number of carbonyl (C=O) groups excluding carboxylic acids is 2. The number of hydrogen-bond donors (Lipinski definition) is 1. The minimum Gasteiger partial charge on any atom is -0.350 e. The maximum absolute atomic E-state index is 14.7. The van der Waals surface area contributed by atoms with Gasteiger partial charge in [-0.25, -0.2) is 8.42 Å². The molecule has 1 atom stereocenters. The summed E-state index contributed by atoms with van der Waals surface area (Å²) >= 11 is 13.2. The molecule has 0 radical (unpaired) electrons. The molecule has 10 heteroatoms. The van der Waals surface area contributed by atoms with Crippen LogP contribution in [0, 0.1) is 0 Å². The number of hydrogen-bond acceptors (Lipinski definition) is 4. The molecule has 4 rings (SSSR count). The fourth-order valence-corrected chi connectivity index (χ4v) is 7.09. The SMILES string of the molecule is CC(C)c1ccc(N(CC(=O)N(Cc2c(Cl)cccc2Cl)[C@@H](Cc2ccccc2)C(=O)NC(C)(C)C)S(=O)(=O)c2ccccc2)cc1. The first kappa shape index (κ1) is 36.0. The van der Waals surface area contributed by atoms with Crippen LogP contribution in [-0.2, 0) is 32.6 Å². The molecular weight excluding hydrogens is 653 g/mol. The summed E-state index contributed by atoms with van der Waals surface area (Å²) in [5.41, 5.74) is 2.01. The molecule has 0 fully saturated rings. The monoisotopic (exact) mass is 693 g/mol. The second kappa shape index (κ2) is 15.4. The lowest BCUT2D eigenvalue weighted by Gasteiger charge is -2.35. The fourth-order valence-electron chi connectivity index (χ4n) is 5.13. The molecule has 0 bridgehead atoms. The molecule has 248 valence electrons. The van der Waals surface area contributed by atoms with Crippen LogP contribution in [0.5, 0.6) is 0 Å². The van der Waals surface area contributed by atoms with Crippen molar-refractivity contribution in [2.24, 2.45) is 0 Å². The number of sulfonamides is 1. The molecule has 7 nitrogen and oxygen atoms in total. The molecule has 4 aromatic rings. The molecule has 47 heavy (non-hydrogen) atoms. The van der Waals surface area contributed by atoms with E-state index in [1.807, 2.05) is 77.1 Å². The van der Waals surface area contributed by atoms with Crippen molar-refractivity contribution in [2.75, 3.05) is 10.8 Å². The Morgan fingerprint density at radius 1 is 0.787 bits per heavy atom. The molecular formula is C37H41Cl2N3O4S. The Hall–Kier alpha value is -3.85. The van der Waals surface area contributed by atoms with Gasteiger partial charge >= 0.3 is 0 Å². The first-order valence-corrected chi connectivity index (χ1v) is 17.6. The third-order valence-corrected chi connectivity index (χ3v) is 10.1. The van der Waals surface area contributed by atoms with Crippen molar-refractivity contribution >= 4 is 50.7 Å². The Labute approximate surface area is 288 Å². The summed E-state index contributed by atoms with van der Waals surface area (Å²) in [6.45, 7) is 8.96. The van der Waals surface area contributed by atoms with Crippen molar-refractivity contribution in [2.45, 2.75) is 70.0 Å². The minimum absolute atomic E-state index is 0.0349. The van der Waals surface area contributed by atoms with Crippen LogP contribution in [0.3, 0.4) is 0 Å². The van der Waals surface area contributed by atoms with Crippen LogP contribution < -0.4 is 9.62 Å². The quantitative estimate of drug-likeness (QED) is 0.164. The van der Waals surface area contributed by atoms with Gasteiger partial charge in [-0.05, 0) is 74.2 Å². The van der Waals surface area contributed by atoms with Crippen molar-refractivity contribution in [1.82, 2.24) is 10.2 Å². The van der Waals surface area contributed by atoms with E-state index in [0.29, 0.717) is 21.3 Å². The fraction of sp³-hybridized carbons (Fsp3) is 0.297. The van der Waals surface area contributed by atoms with E-state index >= 15 is 0 Å². The van der Waals surface area contributed by atoms with E-state index in [1.54, 1.807) is 48.5 Å². The maximum atomic E-state index is 14.7. The van der Waals surface area contributed by atoms with Crippen molar-refractivity contribution in [3.05, 3.63) is 130 Å². The number of amides is 2. The van der Waals surface area contributed by atoms with Crippen LogP contribution in [0.4, 0.5) is 5.69 Å². The van der Waals surface area contributed by atoms with E-state index in [2.05, 4.69) is 5.32 Å². The molecule has 0 aromatic heterocycles. The third kappa shape index (κ3) is 9.37. The molecule has 4 aromatic carbocycles. The molecule has 0 unspecified atom stereocenters. The lowest BCUT2D eigenvalue weighted by atomic mass is 10.0. The maximum Gasteiger partial charge on any atom is 0.264 e. The standard InChI is InChI=1S/C37H41Cl2N3O4S/c1-26(2)28-19-21-29(22-20-28)42(47(45,46)30-15-10-7-11-16-30)25-35(43)41(24-31-32(38)17-12-18-33(31)39)34(36(44)40-37(3,4)5)23-27-13-8-6-9-14-27/h6-22,26,34H,23-25H2,1-5H3,(H,40,44)/t34-/m0/s1. The Morgan fingerprint density at radius 2 is 1.34 bits per heavy atom. The first-order valence-electron chi connectivity index (χ1n) is 15.4. The van der Waals surface area contributed by atoms with Crippen LogP contribution in [0.15, 0.2) is 108 Å². The normalized spacial score (nSPS) is 12.4. The molecule has 0 aliphatic rings. The summed E-state index contributed by atoms with van der Waals surface area (Å²) in [6.07, 6.45) is 0.172. The number of halogens is 2. The Morgan fingerprint density at radius 3 is 1.87 bits per heavy atom. The van der Waals surface area contributed by atoms with Gasteiger partial charge in [-0.15, -0.1) is 0 Å². The van der Waals surface area contributed by atoms with Crippen molar-refractivity contribution in [1.29, 1.82) is 0 Å². The molecule has 0 saturated carbocycles. The summed E-state index contributed by atoms with van der Waals surface area (Å²) in [7, 11) is -4.21. The number of nitrogens with zero attached hydrogens (tertiary/aromatic N) is 2. The second-order valence-electron chi connectivity index (χ2n) is 12.7. The van der Waals surface area contributed by atoms with Crippen molar-refractivity contribution in [3.63, 3.8) is 0 Å². The topological polar surface area (TPSA) is 86.8 Å². The molecule has 0 spiro atoms. The van der Waals surface area contributed by atoms with Gasteiger partial charge in [0.25, 0.3) is 10.0 Å². The van der Waals surface area contributed by atoms with Gasteiger partial charge < -0.3 is 10.2 Å². The predicted molar refractivity (Wildman–Crippen MR) is 190 cm³/mol. The van der Waals surface area contributed by atoms with Crippen molar-refractivity contribution < 1.29 is 18.0 Å². The van der Waals surface area contributed by atoms with Crippen LogP contribution in [0.25, 0.3) is 0 Å². The first-order chi connectivity index (χ1) is 22.2.